The van der Waals surface area contributed by atoms with Gasteiger partial charge in [-0.05, 0) is 44.5 Å². The van der Waals surface area contributed by atoms with Crippen LogP contribution >= 0.6 is 0 Å². The van der Waals surface area contributed by atoms with Crippen LogP contribution in [0.1, 0.15) is 31.1 Å². The SMILES string of the molecule is Cc1cc(CN[C@H](C)[C@@H](C)n2cccn2)c2ccccc2n1. The van der Waals surface area contributed by atoms with Crippen molar-refractivity contribution in [1.29, 1.82) is 0 Å². The Morgan fingerprint density at radius 1 is 1.18 bits per heavy atom. The maximum absolute atomic E-state index is 4.60. The summed E-state index contributed by atoms with van der Waals surface area (Å²) in [6.07, 6.45) is 3.83. The molecule has 0 unspecified atom stereocenters. The van der Waals surface area contributed by atoms with E-state index in [0.29, 0.717) is 12.1 Å². The topological polar surface area (TPSA) is 42.7 Å². The molecule has 3 aromatic rings. The predicted octanol–water partition coefficient (Wildman–Crippen LogP) is 3.48. The third-order valence-electron chi connectivity index (χ3n) is 4.21. The van der Waals surface area contributed by atoms with Crippen molar-refractivity contribution >= 4 is 10.9 Å². The van der Waals surface area contributed by atoms with Crippen LogP contribution in [0.5, 0.6) is 0 Å². The summed E-state index contributed by atoms with van der Waals surface area (Å²) >= 11 is 0. The van der Waals surface area contributed by atoms with Crippen LogP contribution in [-0.4, -0.2) is 20.8 Å². The molecule has 3 rings (SSSR count). The lowest BCUT2D eigenvalue weighted by atomic mass is 10.1. The highest BCUT2D eigenvalue weighted by molar-refractivity contribution is 5.82. The molecule has 4 nitrogen and oxygen atoms in total. The second-order valence-corrected chi connectivity index (χ2v) is 5.84. The number of nitrogens with zero attached hydrogens (tertiary/aromatic N) is 3. The minimum atomic E-state index is 0.309. The van der Waals surface area contributed by atoms with Crippen LogP contribution in [0.25, 0.3) is 10.9 Å². The van der Waals surface area contributed by atoms with Gasteiger partial charge in [0.05, 0.1) is 11.6 Å². The largest absolute Gasteiger partial charge is 0.308 e. The van der Waals surface area contributed by atoms with E-state index in [1.54, 1.807) is 0 Å². The molecule has 0 bridgehead atoms. The number of aromatic nitrogens is 3. The number of para-hydroxylation sites is 1. The summed E-state index contributed by atoms with van der Waals surface area (Å²) < 4.78 is 1.99. The number of nitrogens with one attached hydrogen (secondary N) is 1. The van der Waals surface area contributed by atoms with E-state index in [4.69, 9.17) is 0 Å². The predicted molar refractivity (Wildman–Crippen MR) is 89.7 cm³/mol. The Bertz CT molecular complexity index is 749. The molecule has 114 valence electrons. The van der Waals surface area contributed by atoms with E-state index in [0.717, 1.165) is 17.8 Å². The highest BCUT2D eigenvalue weighted by atomic mass is 15.3. The van der Waals surface area contributed by atoms with Crippen molar-refractivity contribution in [3.8, 4) is 0 Å². The lowest BCUT2D eigenvalue weighted by Crippen LogP contribution is -2.33. The van der Waals surface area contributed by atoms with E-state index in [1.807, 2.05) is 36.1 Å². The van der Waals surface area contributed by atoms with Gasteiger partial charge in [-0.2, -0.15) is 5.10 Å². The molecule has 0 aliphatic rings. The number of aryl methyl sites for hydroxylation is 1. The van der Waals surface area contributed by atoms with Gasteiger partial charge in [0.25, 0.3) is 0 Å². The molecule has 0 aliphatic carbocycles. The van der Waals surface area contributed by atoms with E-state index < -0.39 is 0 Å². The van der Waals surface area contributed by atoms with Crippen LogP contribution in [0.4, 0.5) is 0 Å². The van der Waals surface area contributed by atoms with Crippen LogP contribution in [0.2, 0.25) is 0 Å². The van der Waals surface area contributed by atoms with Gasteiger partial charge in [-0.15, -0.1) is 0 Å². The van der Waals surface area contributed by atoms with Gasteiger partial charge in [0.1, 0.15) is 0 Å². The molecule has 0 saturated carbocycles. The lowest BCUT2D eigenvalue weighted by Gasteiger charge is -2.22. The minimum absolute atomic E-state index is 0.309. The molecule has 4 heteroatoms. The van der Waals surface area contributed by atoms with Gasteiger partial charge in [0.2, 0.25) is 0 Å². The molecule has 2 aromatic heterocycles. The van der Waals surface area contributed by atoms with Crippen LogP contribution in [-0.2, 0) is 6.54 Å². The molecule has 0 aliphatic heterocycles. The Kier molecular flexibility index (Phi) is 4.20. The molecule has 0 radical (unpaired) electrons. The maximum atomic E-state index is 4.60. The summed E-state index contributed by atoms with van der Waals surface area (Å²) in [5.74, 6) is 0. The zero-order valence-corrected chi connectivity index (χ0v) is 13.3. The fraction of sp³-hybridized carbons (Fsp3) is 0.333. The second kappa shape index (κ2) is 6.28. The van der Waals surface area contributed by atoms with Gasteiger partial charge in [0, 0.05) is 36.1 Å². The molecule has 0 saturated heterocycles. The van der Waals surface area contributed by atoms with Gasteiger partial charge in [0.15, 0.2) is 0 Å². The van der Waals surface area contributed by atoms with Crippen LogP contribution < -0.4 is 5.32 Å². The smallest absolute Gasteiger partial charge is 0.0708 e. The van der Waals surface area contributed by atoms with Crippen molar-refractivity contribution in [2.45, 2.75) is 39.4 Å². The highest BCUT2D eigenvalue weighted by Crippen LogP contribution is 2.19. The van der Waals surface area contributed by atoms with Crippen molar-refractivity contribution in [3.05, 3.63) is 60.0 Å². The average molecular weight is 294 g/mol. The summed E-state index contributed by atoms with van der Waals surface area (Å²) in [5, 5.41) is 9.16. The molecule has 2 heterocycles. The Morgan fingerprint density at radius 2 is 2.00 bits per heavy atom. The van der Waals surface area contributed by atoms with Gasteiger partial charge in [-0.1, -0.05) is 18.2 Å². The van der Waals surface area contributed by atoms with Gasteiger partial charge in [-0.3, -0.25) is 9.67 Å². The summed E-state index contributed by atoms with van der Waals surface area (Å²) in [4.78, 5) is 4.60. The molecule has 0 amide bonds. The minimum Gasteiger partial charge on any atom is -0.308 e. The van der Waals surface area contributed by atoms with E-state index in [1.165, 1.54) is 10.9 Å². The third kappa shape index (κ3) is 3.02. The van der Waals surface area contributed by atoms with E-state index in [9.17, 15) is 0 Å². The van der Waals surface area contributed by atoms with Gasteiger partial charge >= 0.3 is 0 Å². The monoisotopic (exact) mass is 294 g/mol. The Morgan fingerprint density at radius 3 is 2.77 bits per heavy atom. The zero-order valence-electron chi connectivity index (χ0n) is 13.3. The summed E-state index contributed by atoms with van der Waals surface area (Å²) in [6, 6.07) is 13.1. The van der Waals surface area contributed by atoms with Crippen molar-refractivity contribution in [1.82, 2.24) is 20.1 Å². The Hall–Kier alpha value is -2.20. The third-order valence-corrected chi connectivity index (χ3v) is 4.21. The lowest BCUT2D eigenvalue weighted by molar-refractivity contribution is 0.365. The van der Waals surface area contributed by atoms with E-state index >= 15 is 0 Å². The molecule has 1 aromatic carbocycles. The zero-order chi connectivity index (χ0) is 15.5. The second-order valence-electron chi connectivity index (χ2n) is 5.84. The molecule has 1 N–H and O–H groups in total. The first-order chi connectivity index (χ1) is 10.6. The molecule has 0 spiro atoms. The highest BCUT2D eigenvalue weighted by Gasteiger charge is 2.14. The fourth-order valence-corrected chi connectivity index (χ4v) is 2.73. The molecular weight excluding hydrogens is 272 g/mol. The first kappa shape index (κ1) is 14.7. The van der Waals surface area contributed by atoms with E-state index in [2.05, 4.69) is 53.5 Å². The maximum Gasteiger partial charge on any atom is 0.0708 e. The first-order valence-electron chi connectivity index (χ1n) is 7.73. The van der Waals surface area contributed by atoms with Gasteiger partial charge in [-0.25, -0.2) is 0 Å². The molecular formula is C18H22N4. The number of hydrogen-bond acceptors (Lipinski definition) is 3. The number of fused-ring (bicyclic) bond motifs is 1. The van der Waals surface area contributed by atoms with Gasteiger partial charge < -0.3 is 5.32 Å². The molecule has 22 heavy (non-hydrogen) atoms. The fourth-order valence-electron chi connectivity index (χ4n) is 2.73. The molecule has 2 atom stereocenters. The van der Waals surface area contributed by atoms with Crippen molar-refractivity contribution in [2.24, 2.45) is 0 Å². The number of pyridine rings is 1. The van der Waals surface area contributed by atoms with Crippen LogP contribution in [0, 0.1) is 6.92 Å². The summed E-state index contributed by atoms with van der Waals surface area (Å²) in [7, 11) is 0. The number of hydrogen-bond donors (Lipinski definition) is 1. The van der Waals surface area contributed by atoms with Crippen molar-refractivity contribution in [3.63, 3.8) is 0 Å². The number of benzene rings is 1. The Balaban J connectivity index is 1.76. The first-order valence-corrected chi connectivity index (χ1v) is 7.73. The van der Waals surface area contributed by atoms with Crippen molar-refractivity contribution in [2.75, 3.05) is 0 Å². The Labute approximate surface area is 131 Å². The average Bonchev–Trinajstić information content (AvgIpc) is 3.05. The van der Waals surface area contributed by atoms with Crippen LogP contribution in [0.15, 0.2) is 48.8 Å². The summed E-state index contributed by atoms with van der Waals surface area (Å²) in [5.41, 5.74) is 3.41. The van der Waals surface area contributed by atoms with Crippen molar-refractivity contribution < 1.29 is 0 Å². The van der Waals surface area contributed by atoms with Crippen LogP contribution in [0.3, 0.4) is 0 Å². The summed E-state index contributed by atoms with van der Waals surface area (Å²) in [6.45, 7) is 7.26. The van der Waals surface area contributed by atoms with E-state index in [-0.39, 0.29) is 0 Å². The number of rotatable bonds is 5. The standard InChI is InChI=1S/C18H22N4/c1-13-11-16(17-7-4-5-8-18(17)21-13)12-19-14(2)15(3)22-10-6-9-20-22/h4-11,14-15,19H,12H2,1-3H3/t14-,15-/m1/s1. The normalized spacial score (nSPS) is 14.1. The molecule has 0 fully saturated rings. The quantitative estimate of drug-likeness (QED) is 0.783.